The number of aromatic amines is 1. The Morgan fingerprint density at radius 1 is 0.897 bits per heavy atom. The van der Waals surface area contributed by atoms with Gasteiger partial charge in [-0.05, 0) is 46.9 Å². The number of nitrogens with one attached hydrogen (secondary N) is 1. The summed E-state index contributed by atoms with van der Waals surface area (Å²) in [5.74, 6) is -0.108. The lowest BCUT2D eigenvalue weighted by Crippen LogP contribution is -2.07. The van der Waals surface area contributed by atoms with Gasteiger partial charge in [-0.2, -0.15) is 0 Å². The zero-order valence-electron chi connectivity index (χ0n) is 15.6. The highest BCUT2D eigenvalue weighted by Gasteiger charge is 2.20. The minimum absolute atomic E-state index is 0.108. The Morgan fingerprint density at radius 3 is 2.45 bits per heavy atom. The van der Waals surface area contributed by atoms with Gasteiger partial charge in [0.2, 0.25) is 5.78 Å². The van der Waals surface area contributed by atoms with Gasteiger partial charge in [0.05, 0.1) is 5.69 Å². The Balaban J connectivity index is 1.74. The predicted molar refractivity (Wildman–Crippen MR) is 116 cm³/mol. The molecule has 1 aromatic heterocycles. The van der Waals surface area contributed by atoms with Crippen LogP contribution in [0.2, 0.25) is 5.02 Å². The van der Waals surface area contributed by atoms with Gasteiger partial charge < -0.3 is 4.98 Å². The third kappa shape index (κ3) is 3.91. The lowest BCUT2D eigenvalue weighted by atomic mass is 9.92. The maximum absolute atomic E-state index is 13.4. The number of carbonyl (C=O) groups is 2. The minimum Gasteiger partial charge on any atom is -0.358 e. The van der Waals surface area contributed by atoms with Crippen molar-refractivity contribution in [3.05, 3.63) is 118 Å². The van der Waals surface area contributed by atoms with Crippen LogP contribution in [0.1, 0.15) is 37.5 Å². The van der Waals surface area contributed by atoms with Gasteiger partial charge in [0, 0.05) is 22.3 Å². The van der Waals surface area contributed by atoms with Crippen molar-refractivity contribution < 1.29 is 9.59 Å². The highest BCUT2D eigenvalue weighted by atomic mass is 35.5. The minimum atomic E-state index is -0.108. The van der Waals surface area contributed by atoms with Crippen LogP contribution in [0.15, 0.2) is 85.1 Å². The summed E-state index contributed by atoms with van der Waals surface area (Å²) < 4.78 is 0. The summed E-state index contributed by atoms with van der Waals surface area (Å²) >= 11 is 6.10. The lowest BCUT2D eigenvalue weighted by Gasteiger charge is -2.11. The lowest BCUT2D eigenvalue weighted by molar-refractivity contribution is 0.103. The van der Waals surface area contributed by atoms with Crippen LogP contribution in [0.3, 0.4) is 0 Å². The monoisotopic (exact) mass is 399 g/mol. The summed E-state index contributed by atoms with van der Waals surface area (Å²) in [5, 5.41) is 0.668. The van der Waals surface area contributed by atoms with Crippen LogP contribution in [-0.4, -0.2) is 17.1 Å². The summed E-state index contributed by atoms with van der Waals surface area (Å²) in [6.07, 6.45) is 3.18. The van der Waals surface area contributed by atoms with Crippen LogP contribution < -0.4 is 0 Å². The van der Waals surface area contributed by atoms with E-state index in [1.165, 1.54) is 0 Å². The molecule has 0 unspecified atom stereocenters. The van der Waals surface area contributed by atoms with Crippen LogP contribution in [0.4, 0.5) is 0 Å². The molecule has 0 aliphatic heterocycles. The Hall–Kier alpha value is -3.43. The summed E-state index contributed by atoms with van der Waals surface area (Å²) in [6.45, 7) is 0. The molecule has 3 aromatic carbocycles. The summed E-state index contributed by atoms with van der Waals surface area (Å²) in [4.78, 5) is 28.0. The Kier molecular flexibility index (Phi) is 5.41. The first-order valence-electron chi connectivity index (χ1n) is 9.26. The number of aldehydes is 1. The van der Waals surface area contributed by atoms with Crippen molar-refractivity contribution in [2.24, 2.45) is 0 Å². The Morgan fingerprint density at radius 2 is 1.66 bits per heavy atom. The average Bonchev–Trinajstić information content (AvgIpc) is 3.21. The van der Waals surface area contributed by atoms with Crippen LogP contribution in [-0.2, 0) is 6.42 Å². The van der Waals surface area contributed by atoms with Crippen molar-refractivity contribution in [2.75, 3.05) is 0 Å². The van der Waals surface area contributed by atoms with Gasteiger partial charge >= 0.3 is 0 Å². The van der Waals surface area contributed by atoms with E-state index in [1.54, 1.807) is 18.3 Å². The first-order chi connectivity index (χ1) is 14.2. The number of aromatic nitrogens is 1. The molecule has 4 aromatic rings. The molecule has 0 saturated heterocycles. The van der Waals surface area contributed by atoms with E-state index in [1.807, 2.05) is 66.7 Å². The zero-order chi connectivity index (χ0) is 20.2. The van der Waals surface area contributed by atoms with Gasteiger partial charge in [-0.25, -0.2) is 0 Å². The van der Waals surface area contributed by atoms with Crippen LogP contribution in [0.5, 0.6) is 0 Å². The molecule has 0 fully saturated rings. The number of ketones is 1. The highest BCUT2D eigenvalue weighted by Crippen LogP contribution is 2.29. The van der Waals surface area contributed by atoms with Crippen molar-refractivity contribution in [3.63, 3.8) is 0 Å². The third-order valence-corrected chi connectivity index (χ3v) is 5.13. The van der Waals surface area contributed by atoms with Crippen LogP contribution >= 0.6 is 11.6 Å². The van der Waals surface area contributed by atoms with Crippen LogP contribution in [0, 0.1) is 0 Å². The quantitative estimate of drug-likeness (QED) is 0.321. The molecule has 3 nitrogen and oxygen atoms in total. The van der Waals surface area contributed by atoms with Gasteiger partial charge in [-0.1, -0.05) is 72.3 Å². The van der Waals surface area contributed by atoms with E-state index in [9.17, 15) is 9.59 Å². The second-order valence-corrected chi connectivity index (χ2v) is 7.20. The molecule has 0 saturated carbocycles. The number of H-pyrrole nitrogens is 1. The maximum atomic E-state index is 13.4. The van der Waals surface area contributed by atoms with Gasteiger partial charge in [0.1, 0.15) is 0 Å². The molecule has 0 amide bonds. The van der Waals surface area contributed by atoms with E-state index in [2.05, 4.69) is 4.98 Å². The fraction of sp³-hybridized carbons (Fsp3) is 0.0400. The molecular weight excluding hydrogens is 382 g/mol. The molecule has 4 heteroatoms. The van der Waals surface area contributed by atoms with E-state index in [-0.39, 0.29) is 5.78 Å². The highest BCUT2D eigenvalue weighted by molar-refractivity contribution is 6.30. The molecule has 1 N–H and O–H groups in total. The van der Waals surface area contributed by atoms with Gasteiger partial charge in [0.25, 0.3) is 0 Å². The number of hydrogen-bond donors (Lipinski definition) is 1. The zero-order valence-corrected chi connectivity index (χ0v) is 16.3. The van der Waals surface area contributed by atoms with E-state index >= 15 is 0 Å². The molecule has 1 heterocycles. The molecule has 0 radical (unpaired) electrons. The van der Waals surface area contributed by atoms with E-state index < -0.39 is 0 Å². The molecule has 142 valence electrons. The number of halogens is 1. The Labute approximate surface area is 174 Å². The van der Waals surface area contributed by atoms with Gasteiger partial charge in [0.15, 0.2) is 6.29 Å². The smallest absolute Gasteiger partial charge is 0.210 e. The fourth-order valence-electron chi connectivity index (χ4n) is 3.52. The molecule has 0 bridgehead atoms. The standard InChI is InChI=1S/C25H18ClNO2/c26-20-8-5-6-17(15-20)14-18-12-13-27-24(18)25(29)23-11-4-3-10-22(23)21-9-2-1-7-19(21)16-28/h1-13,15-16,27H,14H2. The summed E-state index contributed by atoms with van der Waals surface area (Å²) in [7, 11) is 0. The first-order valence-corrected chi connectivity index (χ1v) is 9.64. The summed E-state index contributed by atoms with van der Waals surface area (Å²) in [5.41, 5.74) is 5.07. The van der Waals surface area contributed by atoms with E-state index in [0.29, 0.717) is 28.3 Å². The predicted octanol–water partition coefficient (Wildman–Crippen LogP) is 5.97. The topological polar surface area (TPSA) is 49.9 Å². The van der Waals surface area contributed by atoms with Crippen molar-refractivity contribution in [1.29, 1.82) is 0 Å². The number of rotatable bonds is 6. The third-order valence-electron chi connectivity index (χ3n) is 4.89. The molecule has 0 atom stereocenters. The SMILES string of the molecule is O=Cc1ccccc1-c1ccccc1C(=O)c1[nH]ccc1Cc1cccc(Cl)c1. The second kappa shape index (κ2) is 8.29. The molecular formula is C25H18ClNO2. The van der Waals surface area contributed by atoms with Gasteiger partial charge in [-0.3, -0.25) is 9.59 Å². The molecule has 0 aliphatic carbocycles. The Bertz CT molecular complexity index is 1190. The fourth-order valence-corrected chi connectivity index (χ4v) is 3.74. The maximum Gasteiger partial charge on any atom is 0.210 e. The summed E-state index contributed by atoms with van der Waals surface area (Å²) in [6, 6.07) is 24.2. The average molecular weight is 400 g/mol. The van der Waals surface area contributed by atoms with Crippen molar-refractivity contribution >= 4 is 23.7 Å². The number of carbonyl (C=O) groups excluding carboxylic acids is 2. The molecule has 4 rings (SSSR count). The van der Waals surface area contributed by atoms with Crippen molar-refractivity contribution in [1.82, 2.24) is 4.98 Å². The largest absolute Gasteiger partial charge is 0.358 e. The normalized spacial score (nSPS) is 10.7. The molecule has 29 heavy (non-hydrogen) atoms. The number of benzene rings is 3. The molecule has 0 aliphatic rings. The number of hydrogen-bond acceptors (Lipinski definition) is 2. The van der Waals surface area contributed by atoms with E-state index in [0.717, 1.165) is 28.5 Å². The van der Waals surface area contributed by atoms with Crippen molar-refractivity contribution in [2.45, 2.75) is 6.42 Å². The van der Waals surface area contributed by atoms with E-state index in [4.69, 9.17) is 11.6 Å². The first kappa shape index (κ1) is 18.9. The molecule has 0 spiro atoms. The van der Waals surface area contributed by atoms with Crippen molar-refractivity contribution in [3.8, 4) is 11.1 Å². The van der Waals surface area contributed by atoms with Gasteiger partial charge in [-0.15, -0.1) is 0 Å². The van der Waals surface area contributed by atoms with Crippen LogP contribution in [0.25, 0.3) is 11.1 Å². The second-order valence-electron chi connectivity index (χ2n) is 6.76.